The molecule has 1 aliphatic carbocycles. The van der Waals surface area contributed by atoms with E-state index in [0.29, 0.717) is 18.1 Å². The second-order valence-electron chi connectivity index (χ2n) is 5.38. The summed E-state index contributed by atoms with van der Waals surface area (Å²) in [6, 6.07) is 2.19. The molecule has 20 heavy (non-hydrogen) atoms. The Kier molecular flexibility index (Phi) is 4.17. The molecule has 1 N–H and O–H groups in total. The first-order valence-corrected chi connectivity index (χ1v) is 8.23. The van der Waals surface area contributed by atoms with Gasteiger partial charge in [0.25, 0.3) is 5.89 Å². The number of hydrogen-bond acceptors (Lipinski definition) is 5. The molecule has 2 aromatic heterocycles. The van der Waals surface area contributed by atoms with E-state index in [1.54, 1.807) is 11.3 Å². The fourth-order valence-corrected chi connectivity index (χ4v) is 3.82. The van der Waals surface area contributed by atoms with E-state index in [2.05, 4.69) is 16.2 Å². The highest BCUT2D eigenvalue weighted by Crippen LogP contribution is 2.34. The molecule has 0 saturated carbocycles. The average Bonchev–Trinajstić information content (AvgIpc) is 3.02. The summed E-state index contributed by atoms with van der Waals surface area (Å²) < 4.78 is 5.32. The second-order valence-corrected chi connectivity index (χ2v) is 6.52. The van der Waals surface area contributed by atoms with Gasteiger partial charge in [-0.15, -0.1) is 11.3 Å². The Hall–Kier alpha value is -1.20. The van der Waals surface area contributed by atoms with E-state index < -0.39 is 6.10 Å². The number of aliphatic hydroxyl groups is 1. The van der Waals surface area contributed by atoms with Gasteiger partial charge in [0, 0.05) is 4.88 Å². The van der Waals surface area contributed by atoms with E-state index in [1.165, 1.54) is 36.1 Å². The molecular weight excluding hydrogens is 272 g/mol. The molecule has 5 heteroatoms. The molecular formula is C15H20N2O2S. The number of thiophene rings is 1. The fraction of sp³-hybridized carbons (Fsp3) is 0.600. The van der Waals surface area contributed by atoms with E-state index >= 15 is 0 Å². The van der Waals surface area contributed by atoms with Crippen LogP contribution in [0.4, 0.5) is 0 Å². The molecule has 0 radical (unpaired) electrons. The lowest BCUT2D eigenvalue weighted by molar-refractivity contribution is 0.153. The van der Waals surface area contributed by atoms with Crippen molar-refractivity contribution in [2.45, 2.75) is 58.0 Å². The molecule has 0 aromatic carbocycles. The smallest absolute Gasteiger partial charge is 0.268 e. The van der Waals surface area contributed by atoms with Gasteiger partial charge in [0.15, 0.2) is 0 Å². The van der Waals surface area contributed by atoms with Gasteiger partial charge >= 0.3 is 0 Å². The highest BCUT2D eigenvalue weighted by atomic mass is 32.1. The molecule has 0 fully saturated rings. The third-order valence-electron chi connectivity index (χ3n) is 3.76. The highest BCUT2D eigenvalue weighted by molar-refractivity contribution is 7.15. The molecule has 2 heterocycles. The summed E-state index contributed by atoms with van der Waals surface area (Å²) in [4.78, 5) is 6.85. The van der Waals surface area contributed by atoms with Gasteiger partial charge in [-0.25, -0.2) is 0 Å². The second kappa shape index (κ2) is 6.06. The zero-order chi connectivity index (χ0) is 13.9. The summed E-state index contributed by atoms with van der Waals surface area (Å²) in [5.74, 6) is 0.957. The third-order valence-corrected chi connectivity index (χ3v) is 4.98. The summed E-state index contributed by atoms with van der Waals surface area (Å²) in [7, 11) is 0. The summed E-state index contributed by atoms with van der Waals surface area (Å²) >= 11 is 1.76. The van der Waals surface area contributed by atoms with Crippen LogP contribution < -0.4 is 0 Å². The van der Waals surface area contributed by atoms with Crippen molar-refractivity contribution >= 4 is 11.3 Å². The highest BCUT2D eigenvalue weighted by Gasteiger charge is 2.19. The standard InChI is InChI=1S/C15H20N2O2S/c1-2-6-11(18)14-16-15(19-17-14)13-9-10-7-4-3-5-8-12(10)20-13/h9,11,18H,2-8H2,1H3. The van der Waals surface area contributed by atoms with E-state index in [0.717, 1.165) is 17.7 Å². The van der Waals surface area contributed by atoms with Crippen LogP contribution in [0.2, 0.25) is 0 Å². The van der Waals surface area contributed by atoms with Crippen molar-refractivity contribution in [2.24, 2.45) is 0 Å². The van der Waals surface area contributed by atoms with Crippen LogP contribution in [-0.2, 0) is 12.8 Å². The van der Waals surface area contributed by atoms with Gasteiger partial charge in [0.2, 0.25) is 5.82 Å². The first-order chi connectivity index (χ1) is 9.78. The number of aromatic nitrogens is 2. The first-order valence-electron chi connectivity index (χ1n) is 7.41. The zero-order valence-corrected chi connectivity index (χ0v) is 12.6. The average molecular weight is 292 g/mol. The van der Waals surface area contributed by atoms with Crippen molar-refractivity contribution in [3.8, 4) is 10.8 Å². The normalized spacial score (nSPS) is 16.7. The Labute approximate surface area is 122 Å². The molecule has 108 valence electrons. The topological polar surface area (TPSA) is 59.2 Å². The van der Waals surface area contributed by atoms with Crippen LogP contribution in [0.1, 0.15) is 61.4 Å². The molecule has 0 aliphatic heterocycles. The molecule has 1 atom stereocenters. The molecule has 0 saturated heterocycles. The minimum absolute atomic E-state index is 0.408. The Morgan fingerprint density at radius 3 is 3.05 bits per heavy atom. The predicted molar refractivity (Wildman–Crippen MR) is 78.7 cm³/mol. The molecule has 1 unspecified atom stereocenters. The number of aliphatic hydroxyl groups excluding tert-OH is 1. The summed E-state index contributed by atoms with van der Waals surface area (Å²) in [6.07, 6.45) is 7.15. The number of fused-ring (bicyclic) bond motifs is 1. The quantitative estimate of drug-likeness (QED) is 0.868. The van der Waals surface area contributed by atoms with Crippen LogP contribution >= 0.6 is 11.3 Å². The van der Waals surface area contributed by atoms with Crippen LogP contribution in [0, 0.1) is 0 Å². The molecule has 4 nitrogen and oxygen atoms in total. The maximum atomic E-state index is 9.90. The van der Waals surface area contributed by atoms with Crippen molar-refractivity contribution in [3.05, 3.63) is 22.3 Å². The SMILES string of the molecule is CCCC(O)c1noc(-c2cc3c(s2)CCCCC3)n1. The summed E-state index contributed by atoms with van der Waals surface area (Å²) in [5, 5.41) is 13.8. The molecule has 0 amide bonds. The maximum absolute atomic E-state index is 9.90. The van der Waals surface area contributed by atoms with Crippen LogP contribution in [0.3, 0.4) is 0 Å². The third kappa shape index (κ3) is 2.79. The molecule has 0 bridgehead atoms. The van der Waals surface area contributed by atoms with Gasteiger partial charge in [-0.2, -0.15) is 4.98 Å². The monoisotopic (exact) mass is 292 g/mol. The van der Waals surface area contributed by atoms with Crippen molar-refractivity contribution in [1.82, 2.24) is 10.1 Å². The van der Waals surface area contributed by atoms with Gasteiger partial charge in [0.1, 0.15) is 6.10 Å². The number of nitrogens with zero attached hydrogens (tertiary/aromatic N) is 2. The molecule has 2 aromatic rings. The first kappa shape index (κ1) is 13.8. The van der Waals surface area contributed by atoms with Crippen molar-refractivity contribution < 1.29 is 9.63 Å². The Bertz CT molecular complexity index is 553. The molecule has 3 rings (SSSR count). The van der Waals surface area contributed by atoms with Crippen LogP contribution in [0.15, 0.2) is 10.6 Å². The minimum Gasteiger partial charge on any atom is -0.385 e. The van der Waals surface area contributed by atoms with Gasteiger partial charge in [0.05, 0.1) is 4.88 Å². The lowest BCUT2D eigenvalue weighted by Crippen LogP contribution is -1.98. The van der Waals surface area contributed by atoms with E-state index in [4.69, 9.17) is 4.52 Å². The summed E-state index contributed by atoms with van der Waals surface area (Å²) in [6.45, 7) is 2.03. The van der Waals surface area contributed by atoms with Gasteiger partial charge < -0.3 is 9.63 Å². The van der Waals surface area contributed by atoms with E-state index in [9.17, 15) is 5.11 Å². The Balaban J connectivity index is 1.83. The van der Waals surface area contributed by atoms with E-state index in [-0.39, 0.29) is 0 Å². The largest absolute Gasteiger partial charge is 0.385 e. The van der Waals surface area contributed by atoms with Crippen LogP contribution in [0.5, 0.6) is 0 Å². The van der Waals surface area contributed by atoms with E-state index in [1.807, 2.05) is 6.92 Å². The molecule has 0 spiro atoms. The van der Waals surface area contributed by atoms with Gasteiger partial charge in [-0.05, 0) is 43.7 Å². The van der Waals surface area contributed by atoms with Gasteiger partial charge in [-0.1, -0.05) is 24.9 Å². The maximum Gasteiger partial charge on any atom is 0.268 e. The fourth-order valence-electron chi connectivity index (χ4n) is 2.65. The van der Waals surface area contributed by atoms with Gasteiger partial charge in [-0.3, -0.25) is 0 Å². The van der Waals surface area contributed by atoms with Crippen LogP contribution in [0.25, 0.3) is 10.8 Å². The minimum atomic E-state index is -0.615. The van der Waals surface area contributed by atoms with Crippen molar-refractivity contribution in [2.75, 3.05) is 0 Å². The number of rotatable bonds is 4. The van der Waals surface area contributed by atoms with Crippen molar-refractivity contribution in [3.63, 3.8) is 0 Å². The number of hydrogen-bond donors (Lipinski definition) is 1. The van der Waals surface area contributed by atoms with Crippen molar-refractivity contribution in [1.29, 1.82) is 0 Å². The Morgan fingerprint density at radius 1 is 1.35 bits per heavy atom. The Morgan fingerprint density at radius 2 is 2.20 bits per heavy atom. The van der Waals surface area contributed by atoms with Crippen LogP contribution in [-0.4, -0.2) is 15.2 Å². The predicted octanol–water partition coefficient (Wildman–Crippen LogP) is 3.90. The number of aryl methyl sites for hydroxylation is 2. The summed E-state index contributed by atoms with van der Waals surface area (Å²) in [5.41, 5.74) is 1.44. The zero-order valence-electron chi connectivity index (χ0n) is 11.8. The lowest BCUT2D eigenvalue weighted by atomic mass is 10.1. The molecule has 1 aliphatic rings. The lowest BCUT2D eigenvalue weighted by Gasteiger charge is -2.00.